The van der Waals surface area contributed by atoms with Crippen LogP contribution in [0.5, 0.6) is 5.75 Å². The maximum atomic E-state index is 12.9. The standard InChI is InChI=1S/C17H21NO4/c1-10-7-12-13(9-22-15(12)8-11(10)2)16(19)18-6-4-3-5-14(18)17(20)21/h7-8,13-14H,3-6,9H2,1-2H3,(H,20,21). The molecule has 2 aliphatic rings. The monoisotopic (exact) mass is 303 g/mol. The Balaban J connectivity index is 1.88. The summed E-state index contributed by atoms with van der Waals surface area (Å²) in [4.78, 5) is 25.8. The van der Waals surface area contributed by atoms with Crippen LogP contribution in [0.2, 0.25) is 0 Å². The van der Waals surface area contributed by atoms with Crippen molar-refractivity contribution in [3.8, 4) is 5.75 Å². The molecule has 1 saturated heterocycles. The highest BCUT2D eigenvalue weighted by atomic mass is 16.5. The van der Waals surface area contributed by atoms with E-state index in [0.717, 1.165) is 35.3 Å². The number of nitrogens with zero attached hydrogens (tertiary/aromatic N) is 1. The Hall–Kier alpha value is -2.04. The molecule has 5 heteroatoms. The summed E-state index contributed by atoms with van der Waals surface area (Å²) >= 11 is 0. The molecule has 0 aromatic heterocycles. The predicted octanol–water partition coefficient (Wildman–Crippen LogP) is 2.25. The fraction of sp³-hybridized carbons (Fsp3) is 0.529. The van der Waals surface area contributed by atoms with E-state index in [9.17, 15) is 14.7 Å². The number of aliphatic carboxylic acids is 1. The van der Waals surface area contributed by atoms with Gasteiger partial charge >= 0.3 is 5.97 Å². The molecule has 22 heavy (non-hydrogen) atoms. The summed E-state index contributed by atoms with van der Waals surface area (Å²) < 4.78 is 5.66. The maximum absolute atomic E-state index is 12.9. The number of aryl methyl sites for hydroxylation is 2. The van der Waals surface area contributed by atoms with Crippen LogP contribution < -0.4 is 4.74 Å². The fourth-order valence-electron chi connectivity index (χ4n) is 3.33. The molecule has 1 fully saturated rings. The molecule has 1 amide bonds. The second-order valence-corrected chi connectivity index (χ2v) is 6.22. The Labute approximate surface area is 129 Å². The van der Waals surface area contributed by atoms with E-state index >= 15 is 0 Å². The number of carbonyl (C=O) groups is 2. The molecule has 0 saturated carbocycles. The number of benzene rings is 1. The molecule has 2 atom stereocenters. The summed E-state index contributed by atoms with van der Waals surface area (Å²) in [6.07, 6.45) is 2.26. The number of hydrogen-bond acceptors (Lipinski definition) is 3. The van der Waals surface area contributed by atoms with Crippen LogP contribution in [0.15, 0.2) is 12.1 Å². The molecular weight excluding hydrogens is 282 g/mol. The normalized spacial score (nSPS) is 23.8. The molecule has 0 spiro atoms. The second kappa shape index (κ2) is 5.63. The Morgan fingerprint density at radius 3 is 2.68 bits per heavy atom. The van der Waals surface area contributed by atoms with Crippen molar-refractivity contribution in [1.82, 2.24) is 4.90 Å². The lowest BCUT2D eigenvalue weighted by atomic mass is 9.93. The van der Waals surface area contributed by atoms with Gasteiger partial charge in [0.1, 0.15) is 24.3 Å². The minimum Gasteiger partial charge on any atom is -0.492 e. The van der Waals surface area contributed by atoms with E-state index in [4.69, 9.17) is 4.74 Å². The first-order chi connectivity index (χ1) is 10.5. The van der Waals surface area contributed by atoms with Crippen LogP contribution in [0.3, 0.4) is 0 Å². The molecule has 1 N–H and O–H groups in total. The predicted molar refractivity (Wildman–Crippen MR) is 81.1 cm³/mol. The van der Waals surface area contributed by atoms with Crippen molar-refractivity contribution in [3.05, 3.63) is 28.8 Å². The first-order valence-electron chi connectivity index (χ1n) is 7.76. The van der Waals surface area contributed by atoms with Gasteiger partial charge in [-0.05, 0) is 50.3 Å². The van der Waals surface area contributed by atoms with Gasteiger partial charge in [-0.1, -0.05) is 6.07 Å². The number of ether oxygens (including phenoxy) is 1. The third kappa shape index (κ3) is 2.45. The summed E-state index contributed by atoms with van der Waals surface area (Å²) in [5.74, 6) is -0.652. The minimum atomic E-state index is -0.910. The van der Waals surface area contributed by atoms with Gasteiger partial charge in [0.2, 0.25) is 5.91 Å². The number of piperidine rings is 1. The number of likely N-dealkylation sites (tertiary alicyclic amines) is 1. The van der Waals surface area contributed by atoms with Crippen molar-refractivity contribution in [1.29, 1.82) is 0 Å². The van der Waals surface area contributed by atoms with Gasteiger partial charge in [-0.3, -0.25) is 4.79 Å². The van der Waals surface area contributed by atoms with Crippen molar-refractivity contribution >= 4 is 11.9 Å². The molecule has 0 radical (unpaired) electrons. The number of carboxylic acid groups (broad SMARTS) is 1. The summed E-state index contributed by atoms with van der Waals surface area (Å²) in [5, 5.41) is 9.35. The zero-order valence-electron chi connectivity index (χ0n) is 13.0. The SMILES string of the molecule is Cc1cc2c(cc1C)C(C(=O)N1CCCCC1C(=O)O)CO2. The Bertz CT molecular complexity index is 625. The largest absolute Gasteiger partial charge is 0.492 e. The number of carbonyl (C=O) groups excluding carboxylic acids is 1. The molecule has 1 aromatic carbocycles. The fourth-order valence-corrected chi connectivity index (χ4v) is 3.33. The van der Waals surface area contributed by atoms with Crippen LogP contribution in [0, 0.1) is 13.8 Å². The Kier molecular flexibility index (Phi) is 3.81. The Morgan fingerprint density at radius 2 is 1.95 bits per heavy atom. The van der Waals surface area contributed by atoms with Crippen molar-refractivity contribution in [2.24, 2.45) is 0 Å². The van der Waals surface area contributed by atoms with Gasteiger partial charge < -0.3 is 14.7 Å². The number of carboxylic acids is 1. The van der Waals surface area contributed by atoms with Crippen LogP contribution in [0.4, 0.5) is 0 Å². The molecular formula is C17H21NO4. The van der Waals surface area contributed by atoms with E-state index in [1.807, 2.05) is 26.0 Å². The lowest BCUT2D eigenvalue weighted by Crippen LogP contribution is -2.49. The summed E-state index contributed by atoms with van der Waals surface area (Å²) in [7, 11) is 0. The first-order valence-corrected chi connectivity index (χ1v) is 7.76. The van der Waals surface area contributed by atoms with Crippen LogP contribution in [-0.2, 0) is 9.59 Å². The van der Waals surface area contributed by atoms with Crippen LogP contribution >= 0.6 is 0 Å². The third-order valence-corrected chi connectivity index (χ3v) is 4.78. The average molecular weight is 303 g/mol. The van der Waals surface area contributed by atoms with E-state index in [2.05, 4.69) is 0 Å². The van der Waals surface area contributed by atoms with E-state index in [0.29, 0.717) is 19.6 Å². The van der Waals surface area contributed by atoms with Crippen molar-refractivity contribution in [3.63, 3.8) is 0 Å². The lowest BCUT2D eigenvalue weighted by Gasteiger charge is -2.34. The van der Waals surface area contributed by atoms with Gasteiger partial charge in [0, 0.05) is 12.1 Å². The summed E-state index contributed by atoms with van der Waals surface area (Å²) in [5.41, 5.74) is 3.14. The van der Waals surface area contributed by atoms with E-state index in [-0.39, 0.29) is 11.8 Å². The summed E-state index contributed by atoms with van der Waals surface area (Å²) in [6, 6.07) is 3.26. The summed E-state index contributed by atoms with van der Waals surface area (Å²) in [6.45, 7) is 4.85. The van der Waals surface area contributed by atoms with E-state index in [1.165, 1.54) is 4.90 Å². The van der Waals surface area contributed by atoms with E-state index < -0.39 is 12.0 Å². The van der Waals surface area contributed by atoms with Crippen molar-refractivity contribution in [2.45, 2.75) is 45.1 Å². The smallest absolute Gasteiger partial charge is 0.326 e. The van der Waals surface area contributed by atoms with Crippen LogP contribution in [0.25, 0.3) is 0 Å². The quantitative estimate of drug-likeness (QED) is 0.910. The highest BCUT2D eigenvalue weighted by molar-refractivity contribution is 5.89. The molecule has 2 heterocycles. The maximum Gasteiger partial charge on any atom is 0.326 e. The number of rotatable bonds is 2. The van der Waals surface area contributed by atoms with Gasteiger partial charge in [-0.2, -0.15) is 0 Å². The van der Waals surface area contributed by atoms with Crippen molar-refractivity contribution < 1.29 is 19.4 Å². The van der Waals surface area contributed by atoms with Gasteiger partial charge in [0.15, 0.2) is 0 Å². The number of amides is 1. The number of fused-ring (bicyclic) bond motifs is 1. The highest BCUT2D eigenvalue weighted by Gasteiger charge is 2.39. The molecule has 1 aromatic rings. The molecule has 0 aliphatic carbocycles. The van der Waals surface area contributed by atoms with Gasteiger partial charge in [-0.15, -0.1) is 0 Å². The molecule has 118 valence electrons. The molecule has 0 bridgehead atoms. The van der Waals surface area contributed by atoms with Gasteiger partial charge in [0.05, 0.1) is 0 Å². The molecule has 2 aliphatic heterocycles. The molecule has 3 rings (SSSR count). The van der Waals surface area contributed by atoms with Crippen LogP contribution in [0.1, 0.15) is 41.9 Å². The van der Waals surface area contributed by atoms with Gasteiger partial charge in [0.25, 0.3) is 0 Å². The van der Waals surface area contributed by atoms with Gasteiger partial charge in [-0.25, -0.2) is 4.79 Å². The average Bonchev–Trinajstić information content (AvgIpc) is 2.89. The van der Waals surface area contributed by atoms with E-state index in [1.54, 1.807) is 0 Å². The zero-order valence-corrected chi connectivity index (χ0v) is 13.0. The van der Waals surface area contributed by atoms with Crippen LogP contribution in [-0.4, -0.2) is 41.1 Å². The second-order valence-electron chi connectivity index (χ2n) is 6.22. The minimum absolute atomic E-state index is 0.117. The Morgan fingerprint density at radius 1 is 1.23 bits per heavy atom. The van der Waals surface area contributed by atoms with Crippen molar-refractivity contribution in [2.75, 3.05) is 13.2 Å². The molecule has 2 unspecified atom stereocenters. The zero-order chi connectivity index (χ0) is 15.9. The number of hydrogen-bond donors (Lipinski definition) is 1. The third-order valence-electron chi connectivity index (χ3n) is 4.78. The first kappa shape index (κ1) is 14.9. The highest BCUT2D eigenvalue weighted by Crippen LogP contribution is 2.37. The topological polar surface area (TPSA) is 66.8 Å². The lowest BCUT2D eigenvalue weighted by molar-refractivity contribution is -0.152. The molecule has 5 nitrogen and oxygen atoms in total.